The second kappa shape index (κ2) is 7.35. The molecule has 128 valence electrons. The van der Waals surface area contributed by atoms with Crippen molar-refractivity contribution < 1.29 is 15.0 Å². The minimum atomic E-state index is -1.33. The van der Waals surface area contributed by atoms with Crippen LogP contribution >= 0.6 is 11.3 Å². The molecule has 7 nitrogen and oxygen atoms in total. The van der Waals surface area contributed by atoms with Crippen LogP contribution in [0.2, 0.25) is 0 Å². The molecule has 2 aromatic rings. The third-order valence-electron chi connectivity index (χ3n) is 4.22. The molecule has 1 fully saturated rings. The van der Waals surface area contributed by atoms with Gasteiger partial charge in [-0.2, -0.15) is 0 Å². The Morgan fingerprint density at radius 1 is 1.50 bits per heavy atom. The number of nitrogens with zero attached hydrogens (tertiary/aromatic N) is 3. The number of thiophene rings is 1. The zero-order valence-corrected chi connectivity index (χ0v) is 13.9. The van der Waals surface area contributed by atoms with Gasteiger partial charge in [0.2, 0.25) is 0 Å². The molecule has 1 aliphatic heterocycles. The van der Waals surface area contributed by atoms with Crippen molar-refractivity contribution in [1.82, 2.24) is 20.2 Å². The van der Waals surface area contributed by atoms with E-state index < -0.39 is 17.6 Å². The van der Waals surface area contributed by atoms with Gasteiger partial charge in [-0.05, 0) is 17.9 Å². The van der Waals surface area contributed by atoms with Crippen LogP contribution in [-0.4, -0.2) is 62.3 Å². The predicted molar refractivity (Wildman–Crippen MR) is 89.5 cm³/mol. The van der Waals surface area contributed by atoms with E-state index in [1.807, 2.05) is 11.4 Å². The van der Waals surface area contributed by atoms with E-state index in [1.165, 1.54) is 23.5 Å². The molecular formula is C16H20N4O3S. The summed E-state index contributed by atoms with van der Waals surface area (Å²) >= 11 is 1.67. The molecule has 0 saturated carbocycles. The molecule has 0 aromatic carbocycles. The largest absolute Gasteiger partial charge is 0.389 e. The maximum Gasteiger partial charge on any atom is 0.271 e. The fourth-order valence-corrected chi connectivity index (χ4v) is 3.48. The van der Waals surface area contributed by atoms with Crippen LogP contribution in [0.4, 0.5) is 0 Å². The fourth-order valence-electron chi connectivity index (χ4n) is 2.74. The number of carbonyl (C=O) groups excluding carboxylic acids is 1. The summed E-state index contributed by atoms with van der Waals surface area (Å²) in [4.78, 5) is 23.1. The molecule has 1 aliphatic rings. The van der Waals surface area contributed by atoms with Crippen LogP contribution < -0.4 is 5.32 Å². The van der Waals surface area contributed by atoms with E-state index in [0.717, 1.165) is 6.54 Å². The summed E-state index contributed by atoms with van der Waals surface area (Å²) in [5, 5.41) is 25.7. The van der Waals surface area contributed by atoms with Gasteiger partial charge in [-0.15, -0.1) is 11.3 Å². The number of amides is 1. The van der Waals surface area contributed by atoms with E-state index in [2.05, 4.69) is 26.3 Å². The number of aliphatic hydroxyl groups excluding tert-OH is 1. The molecule has 0 unspecified atom stereocenters. The third-order valence-corrected chi connectivity index (χ3v) is 5.08. The quantitative estimate of drug-likeness (QED) is 0.717. The highest BCUT2D eigenvalue weighted by Gasteiger charge is 2.40. The van der Waals surface area contributed by atoms with E-state index in [0.29, 0.717) is 19.5 Å². The zero-order valence-electron chi connectivity index (χ0n) is 13.1. The molecule has 8 heteroatoms. The van der Waals surface area contributed by atoms with Crippen LogP contribution in [0, 0.1) is 0 Å². The molecule has 1 saturated heterocycles. The lowest BCUT2D eigenvalue weighted by Crippen LogP contribution is -2.60. The minimum Gasteiger partial charge on any atom is -0.389 e. The Kier molecular flexibility index (Phi) is 5.20. The van der Waals surface area contributed by atoms with Crippen LogP contribution in [0.25, 0.3) is 0 Å². The Morgan fingerprint density at radius 3 is 3.04 bits per heavy atom. The van der Waals surface area contributed by atoms with Gasteiger partial charge in [0.1, 0.15) is 11.3 Å². The number of rotatable bonds is 5. The molecule has 0 aliphatic carbocycles. The van der Waals surface area contributed by atoms with Crippen molar-refractivity contribution >= 4 is 17.2 Å². The number of nitrogens with one attached hydrogen (secondary N) is 1. The smallest absolute Gasteiger partial charge is 0.271 e. The van der Waals surface area contributed by atoms with Crippen molar-refractivity contribution in [3.8, 4) is 0 Å². The standard InChI is InChI=1S/C16H20N4O3S/c21-14-10-20(9-12-2-1-7-24-12)6-3-16(14,23)11-19-15(22)13-8-17-4-5-18-13/h1-2,4-5,7-8,14,21,23H,3,6,9-11H2,(H,19,22)/t14-,16-/m1/s1. The van der Waals surface area contributed by atoms with E-state index in [4.69, 9.17) is 0 Å². The van der Waals surface area contributed by atoms with Gasteiger partial charge in [-0.25, -0.2) is 4.98 Å². The Balaban J connectivity index is 1.53. The van der Waals surface area contributed by atoms with E-state index >= 15 is 0 Å². The maximum absolute atomic E-state index is 12.0. The number of carbonyl (C=O) groups is 1. The van der Waals surface area contributed by atoms with Crippen LogP contribution in [0.5, 0.6) is 0 Å². The molecule has 0 bridgehead atoms. The summed E-state index contributed by atoms with van der Waals surface area (Å²) in [6, 6.07) is 4.05. The summed E-state index contributed by atoms with van der Waals surface area (Å²) in [6.07, 6.45) is 3.74. The molecular weight excluding hydrogens is 328 g/mol. The first kappa shape index (κ1) is 17.0. The highest BCUT2D eigenvalue weighted by molar-refractivity contribution is 7.09. The first-order valence-electron chi connectivity index (χ1n) is 7.76. The van der Waals surface area contributed by atoms with Crippen molar-refractivity contribution in [3.63, 3.8) is 0 Å². The van der Waals surface area contributed by atoms with Crippen LogP contribution in [0.15, 0.2) is 36.1 Å². The lowest BCUT2D eigenvalue weighted by molar-refractivity contribution is -0.116. The number of aliphatic hydroxyl groups is 2. The lowest BCUT2D eigenvalue weighted by Gasteiger charge is -2.42. The molecule has 0 radical (unpaired) electrons. The first-order chi connectivity index (χ1) is 11.6. The minimum absolute atomic E-state index is 0.0174. The molecule has 24 heavy (non-hydrogen) atoms. The van der Waals surface area contributed by atoms with Gasteiger partial charge in [0.05, 0.1) is 12.3 Å². The number of hydrogen-bond acceptors (Lipinski definition) is 7. The van der Waals surface area contributed by atoms with Gasteiger partial charge >= 0.3 is 0 Å². The zero-order chi connectivity index (χ0) is 17.0. The monoisotopic (exact) mass is 348 g/mol. The Morgan fingerprint density at radius 2 is 2.38 bits per heavy atom. The van der Waals surface area contributed by atoms with Crippen LogP contribution in [0.3, 0.4) is 0 Å². The van der Waals surface area contributed by atoms with Gasteiger partial charge in [0, 0.05) is 43.4 Å². The maximum atomic E-state index is 12.0. The van der Waals surface area contributed by atoms with Gasteiger partial charge in [0.15, 0.2) is 0 Å². The van der Waals surface area contributed by atoms with Crippen LogP contribution in [-0.2, 0) is 6.54 Å². The third kappa shape index (κ3) is 3.96. The first-order valence-corrected chi connectivity index (χ1v) is 8.64. The van der Waals surface area contributed by atoms with Gasteiger partial charge in [-0.3, -0.25) is 14.7 Å². The molecule has 2 aromatic heterocycles. The van der Waals surface area contributed by atoms with Crippen molar-refractivity contribution in [1.29, 1.82) is 0 Å². The normalized spacial score (nSPS) is 24.7. The summed E-state index contributed by atoms with van der Waals surface area (Å²) in [6.45, 7) is 1.77. The van der Waals surface area contributed by atoms with Gasteiger partial charge in [0.25, 0.3) is 5.91 Å². The van der Waals surface area contributed by atoms with E-state index in [1.54, 1.807) is 11.3 Å². The highest BCUT2D eigenvalue weighted by Crippen LogP contribution is 2.24. The topological polar surface area (TPSA) is 98.6 Å². The Bertz CT molecular complexity index is 667. The molecule has 3 rings (SSSR count). The fraction of sp³-hybridized carbons (Fsp3) is 0.438. The average molecular weight is 348 g/mol. The Hall–Kier alpha value is -1.87. The number of piperidine rings is 1. The van der Waals surface area contributed by atoms with Gasteiger partial charge in [-0.1, -0.05) is 6.07 Å². The SMILES string of the molecule is O=C(NC[C@]1(O)CCN(Cc2cccs2)C[C@H]1O)c1cnccn1. The lowest BCUT2D eigenvalue weighted by atomic mass is 9.88. The number of hydrogen-bond donors (Lipinski definition) is 3. The molecule has 3 heterocycles. The Labute approximate surface area is 144 Å². The average Bonchev–Trinajstić information content (AvgIpc) is 3.10. The van der Waals surface area contributed by atoms with E-state index in [-0.39, 0.29) is 12.2 Å². The number of aromatic nitrogens is 2. The number of likely N-dealkylation sites (tertiary alicyclic amines) is 1. The number of β-amino-alcohol motifs (C(OH)–C–C–N with tert-alkyl or cyclic N) is 1. The molecule has 0 spiro atoms. The molecule has 2 atom stereocenters. The van der Waals surface area contributed by atoms with Crippen molar-refractivity contribution in [2.75, 3.05) is 19.6 Å². The van der Waals surface area contributed by atoms with Crippen molar-refractivity contribution in [2.45, 2.75) is 24.7 Å². The summed E-state index contributed by atoms with van der Waals surface area (Å²) in [7, 11) is 0. The summed E-state index contributed by atoms with van der Waals surface area (Å²) < 4.78 is 0. The van der Waals surface area contributed by atoms with Crippen LogP contribution in [0.1, 0.15) is 21.8 Å². The van der Waals surface area contributed by atoms with Crippen molar-refractivity contribution in [2.24, 2.45) is 0 Å². The van der Waals surface area contributed by atoms with Crippen molar-refractivity contribution in [3.05, 3.63) is 46.7 Å². The summed E-state index contributed by atoms with van der Waals surface area (Å²) in [5.74, 6) is -0.412. The summed E-state index contributed by atoms with van der Waals surface area (Å²) in [5.41, 5.74) is -1.14. The molecule has 1 amide bonds. The second-order valence-corrected chi connectivity index (χ2v) is 6.99. The second-order valence-electron chi connectivity index (χ2n) is 5.96. The highest BCUT2D eigenvalue weighted by atomic mass is 32.1. The molecule has 3 N–H and O–H groups in total. The predicted octanol–water partition coefficient (Wildman–Crippen LogP) is 0.266. The van der Waals surface area contributed by atoms with Gasteiger partial charge < -0.3 is 15.5 Å². The van der Waals surface area contributed by atoms with E-state index in [9.17, 15) is 15.0 Å².